The van der Waals surface area contributed by atoms with Gasteiger partial charge < -0.3 is 10.0 Å². The van der Waals surface area contributed by atoms with Gasteiger partial charge in [-0.1, -0.05) is 19.1 Å². The van der Waals surface area contributed by atoms with Crippen molar-refractivity contribution in [2.45, 2.75) is 32.6 Å². The first-order valence-electron chi connectivity index (χ1n) is 7.08. The van der Waals surface area contributed by atoms with E-state index in [2.05, 4.69) is 0 Å². The maximum atomic E-state index is 12.9. The summed E-state index contributed by atoms with van der Waals surface area (Å²) >= 11 is 0. The van der Waals surface area contributed by atoms with Crippen LogP contribution in [-0.2, 0) is 9.59 Å². The second kappa shape index (κ2) is 5.84. The summed E-state index contributed by atoms with van der Waals surface area (Å²) in [4.78, 5) is 25.1. The first-order valence-corrected chi connectivity index (χ1v) is 7.08. The molecule has 5 heteroatoms. The zero-order valence-corrected chi connectivity index (χ0v) is 12.3. The molecule has 1 N–H and O–H groups in total. The number of carbonyl (C=O) groups is 2. The zero-order chi connectivity index (χ0) is 15.6. The van der Waals surface area contributed by atoms with Crippen molar-refractivity contribution in [1.82, 2.24) is 4.90 Å². The highest BCUT2D eigenvalue weighted by Crippen LogP contribution is 2.31. The summed E-state index contributed by atoms with van der Waals surface area (Å²) in [6.07, 6.45) is 0.792. The summed E-state index contributed by atoms with van der Waals surface area (Å²) in [6.45, 7) is 4.33. The van der Waals surface area contributed by atoms with Gasteiger partial charge in [0, 0.05) is 19.5 Å². The van der Waals surface area contributed by atoms with E-state index >= 15 is 0 Å². The van der Waals surface area contributed by atoms with Crippen molar-refractivity contribution in [3.8, 4) is 0 Å². The molecule has 0 spiro atoms. The minimum atomic E-state index is -0.857. The molecule has 2 unspecified atom stereocenters. The van der Waals surface area contributed by atoms with Crippen LogP contribution in [0.15, 0.2) is 24.3 Å². The molecular formula is C16H20FNO3. The topological polar surface area (TPSA) is 57.6 Å². The predicted octanol–water partition coefficient (Wildman–Crippen LogP) is 2.64. The van der Waals surface area contributed by atoms with Gasteiger partial charge in [0.25, 0.3) is 0 Å². The summed E-state index contributed by atoms with van der Waals surface area (Å²) in [5, 5.41) is 9.18. The fourth-order valence-electron chi connectivity index (χ4n) is 2.65. The Morgan fingerprint density at radius 2 is 2.00 bits per heavy atom. The van der Waals surface area contributed by atoms with Gasteiger partial charge in [0.2, 0.25) is 5.91 Å². The molecule has 1 aliphatic rings. The number of benzene rings is 1. The van der Waals surface area contributed by atoms with Crippen LogP contribution < -0.4 is 0 Å². The Labute approximate surface area is 123 Å². The number of carbonyl (C=O) groups excluding carboxylic acids is 1. The molecule has 0 saturated carbocycles. The second-order valence-corrected chi connectivity index (χ2v) is 6.09. The van der Waals surface area contributed by atoms with E-state index in [4.69, 9.17) is 0 Å². The van der Waals surface area contributed by atoms with Crippen molar-refractivity contribution in [3.05, 3.63) is 35.6 Å². The van der Waals surface area contributed by atoms with E-state index in [1.165, 1.54) is 12.1 Å². The summed E-state index contributed by atoms with van der Waals surface area (Å²) < 4.78 is 12.9. The molecule has 2 atom stereocenters. The molecule has 0 bridgehead atoms. The molecule has 2 rings (SSSR count). The fourth-order valence-corrected chi connectivity index (χ4v) is 2.65. The number of hydrogen-bond donors (Lipinski definition) is 1. The largest absolute Gasteiger partial charge is 0.481 e. The lowest BCUT2D eigenvalue weighted by molar-refractivity contribution is -0.147. The Bertz CT molecular complexity index is 543. The van der Waals surface area contributed by atoms with Crippen LogP contribution in [0.3, 0.4) is 0 Å². The first kappa shape index (κ1) is 15.5. The summed E-state index contributed by atoms with van der Waals surface area (Å²) in [7, 11) is 0. The molecule has 1 heterocycles. The van der Waals surface area contributed by atoms with Gasteiger partial charge in [-0.05, 0) is 37.0 Å². The number of amides is 1. The van der Waals surface area contributed by atoms with E-state index in [-0.39, 0.29) is 24.2 Å². The molecule has 1 amide bonds. The van der Waals surface area contributed by atoms with Gasteiger partial charge in [-0.3, -0.25) is 9.59 Å². The average molecular weight is 293 g/mol. The van der Waals surface area contributed by atoms with Gasteiger partial charge in [0.1, 0.15) is 5.82 Å². The molecule has 0 radical (unpaired) electrons. The van der Waals surface area contributed by atoms with Crippen molar-refractivity contribution in [2.24, 2.45) is 5.41 Å². The van der Waals surface area contributed by atoms with Gasteiger partial charge in [-0.15, -0.1) is 0 Å². The number of hydrogen-bond acceptors (Lipinski definition) is 2. The highest BCUT2D eigenvalue weighted by Gasteiger charge is 2.42. The Morgan fingerprint density at radius 3 is 2.52 bits per heavy atom. The van der Waals surface area contributed by atoms with E-state index in [0.29, 0.717) is 19.4 Å². The molecule has 1 aliphatic heterocycles. The first-order chi connectivity index (χ1) is 9.82. The number of rotatable bonds is 4. The number of nitrogens with zero attached hydrogens (tertiary/aromatic N) is 1. The summed E-state index contributed by atoms with van der Waals surface area (Å²) in [5.74, 6) is -1.22. The predicted molar refractivity (Wildman–Crippen MR) is 76.4 cm³/mol. The van der Waals surface area contributed by atoms with Crippen molar-refractivity contribution in [1.29, 1.82) is 0 Å². The maximum absolute atomic E-state index is 12.9. The highest BCUT2D eigenvalue weighted by atomic mass is 19.1. The van der Waals surface area contributed by atoms with Crippen molar-refractivity contribution >= 4 is 11.9 Å². The minimum absolute atomic E-state index is 0.0187. The number of aliphatic carboxylic acids is 1. The van der Waals surface area contributed by atoms with Crippen LogP contribution in [0.5, 0.6) is 0 Å². The highest BCUT2D eigenvalue weighted by molar-refractivity contribution is 5.81. The lowest BCUT2D eigenvalue weighted by Gasteiger charge is -2.21. The summed E-state index contributed by atoms with van der Waals surface area (Å²) in [5.41, 5.74) is 0.0688. The van der Waals surface area contributed by atoms with Crippen LogP contribution >= 0.6 is 0 Å². The number of carboxylic acid groups (broad SMARTS) is 1. The van der Waals surface area contributed by atoms with E-state index < -0.39 is 11.4 Å². The number of likely N-dealkylation sites (tertiary alicyclic amines) is 1. The summed E-state index contributed by atoms with van der Waals surface area (Å²) in [6, 6.07) is 6.12. The Hall–Kier alpha value is -1.91. The fraction of sp³-hybridized carbons (Fsp3) is 0.500. The third kappa shape index (κ3) is 3.40. The van der Waals surface area contributed by atoms with Crippen molar-refractivity contribution < 1.29 is 19.1 Å². The zero-order valence-electron chi connectivity index (χ0n) is 12.3. The Kier molecular flexibility index (Phi) is 4.30. The van der Waals surface area contributed by atoms with E-state index in [1.54, 1.807) is 24.0 Å². The van der Waals surface area contributed by atoms with Crippen molar-refractivity contribution in [3.63, 3.8) is 0 Å². The quantitative estimate of drug-likeness (QED) is 0.928. The third-order valence-corrected chi connectivity index (χ3v) is 4.26. The SMILES string of the molecule is CC(CC(=O)N1CCC(C)(C(=O)O)C1)c1ccc(F)cc1. The van der Waals surface area contributed by atoms with E-state index in [9.17, 15) is 19.1 Å². The molecule has 4 nitrogen and oxygen atoms in total. The molecule has 1 aromatic carbocycles. The van der Waals surface area contributed by atoms with E-state index in [1.807, 2.05) is 6.92 Å². The molecule has 21 heavy (non-hydrogen) atoms. The van der Waals surface area contributed by atoms with Crippen LogP contribution in [-0.4, -0.2) is 35.0 Å². The van der Waals surface area contributed by atoms with Gasteiger partial charge in [-0.25, -0.2) is 4.39 Å². The van der Waals surface area contributed by atoms with Crippen LogP contribution in [0.25, 0.3) is 0 Å². The minimum Gasteiger partial charge on any atom is -0.481 e. The lowest BCUT2D eigenvalue weighted by atomic mass is 9.90. The molecule has 1 saturated heterocycles. The van der Waals surface area contributed by atoms with Gasteiger partial charge in [0.05, 0.1) is 5.41 Å². The van der Waals surface area contributed by atoms with Gasteiger partial charge in [-0.2, -0.15) is 0 Å². The molecule has 114 valence electrons. The standard InChI is InChI=1S/C16H20FNO3/c1-11(12-3-5-13(17)6-4-12)9-14(19)18-8-7-16(2,10-18)15(20)21/h3-6,11H,7-10H2,1-2H3,(H,20,21). The molecule has 0 aromatic heterocycles. The normalized spacial score (nSPS) is 23.1. The van der Waals surface area contributed by atoms with Crippen LogP contribution in [0.4, 0.5) is 4.39 Å². The third-order valence-electron chi connectivity index (χ3n) is 4.26. The number of carboxylic acids is 1. The van der Waals surface area contributed by atoms with E-state index in [0.717, 1.165) is 5.56 Å². The van der Waals surface area contributed by atoms with Crippen molar-refractivity contribution in [2.75, 3.05) is 13.1 Å². The van der Waals surface area contributed by atoms with Crippen LogP contribution in [0.2, 0.25) is 0 Å². The lowest BCUT2D eigenvalue weighted by Crippen LogP contribution is -2.35. The molecular weight excluding hydrogens is 273 g/mol. The maximum Gasteiger partial charge on any atom is 0.311 e. The number of halogens is 1. The molecule has 0 aliphatic carbocycles. The van der Waals surface area contributed by atoms with Gasteiger partial charge in [0.15, 0.2) is 0 Å². The molecule has 1 fully saturated rings. The van der Waals surface area contributed by atoms with Crippen LogP contribution in [0.1, 0.15) is 38.2 Å². The Morgan fingerprint density at radius 1 is 1.38 bits per heavy atom. The molecule has 1 aromatic rings. The Balaban J connectivity index is 1.96. The average Bonchev–Trinajstić information content (AvgIpc) is 2.83. The smallest absolute Gasteiger partial charge is 0.311 e. The van der Waals surface area contributed by atoms with Crippen LogP contribution in [0, 0.1) is 11.2 Å². The van der Waals surface area contributed by atoms with Gasteiger partial charge >= 0.3 is 5.97 Å². The second-order valence-electron chi connectivity index (χ2n) is 6.09. The monoisotopic (exact) mass is 293 g/mol.